The zero-order valence-electron chi connectivity index (χ0n) is 10.2. The minimum atomic E-state index is 0.960. The van der Waals surface area contributed by atoms with Gasteiger partial charge in [-0.3, -0.25) is 4.98 Å². The molecule has 2 aromatic heterocycles. The highest BCUT2D eigenvalue weighted by Gasteiger charge is 1.95. The summed E-state index contributed by atoms with van der Waals surface area (Å²) in [4.78, 5) is 8.54. The highest BCUT2D eigenvalue weighted by Crippen LogP contribution is 2.19. The van der Waals surface area contributed by atoms with Crippen molar-refractivity contribution in [3.05, 3.63) is 71.5 Å². The van der Waals surface area contributed by atoms with Gasteiger partial charge in [0.25, 0.3) is 0 Å². The molecule has 0 radical (unpaired) electrons. The van der Waals surface area contributed by atoms with Crippen LogP contribution in [-0.2, 0) is 0 Å². The van der Waals surface area contributed by atoms with E-state index in [2.05, 4.69) is 34.2 Å². The lowest BCUT2D eigenvalue weighted by Gasteiger charge is -1.92. The Balaban J connectivity index is 1.73. The lowest BCUT2D eigenvalue weighted by molar-refractivity contribution is 1.30. The number of nitrogens with zero attached hydrogens (tertiary/aromatic N) is 2. The maximum Gasteiger partial charge on any atom is 0.0817 e. The average Bonchev–Trinajstić information content (AvgIpc) is 2.92. The van der Waals surface area contributed by atoms with Crippen LogP contribution in [0.4, 0.5) is 0 Å². The first kappa shape index (κ1) is 11.8. The molecule has 3 heteroatoms. The summed E-state index contributed by atoms with van der Waals surface area (Å²) in [5.74, 6) is 0. The molecule has 0 aliphatic heterocycles. The third-order valence-corrected chi connectivity index (χ3v) is 3.52. The molecule has 2 nitrogen and oxygen atoms in total. The zero-order chi connectivity index (χ0) is 12.9. The molecule has 3 aromatic rings. The maximum absolute atomic E-state index is 4.31. The van der Waals surface area contributed by atoms with Crippen LogP contribution < -0.4 is 0 Å². The molecule has 0 fully saturated rings. The Bertz CT molecular complexity index is 727. The van der Waals surface area contributed by atoms with Crippen LogP contribution in [-0.4, -0.2) is 9.97 Å². The van der Waals surface area contributed by atoms with Gasteiger partial charge in [0, 0.05) is 6.20 Å². The standard InChI is InChI=1S/C16H12N2S/c1(2-6-14-7-3-4-10-17-14)5-13-8-9-16-15(11-13)18-12-19-16/h1-12H/b5-1+,6-2+. The molecule has 0 N–H and O–H groups in total. The normalized spacial score (nSPS) is 11.8. The summed E-state index contributed by atoms with van der Waals surface area (Å²) in [7, 11) is 0. The zero-order valence-corrected chi connectivity index (χ0v) is 11.0. The lowest BCUT2D eigenvalue weighted by Crippen LogP contribution is -1.75. The molecule has 0 amide bonds. The van der Waals surface area contributed by atoms with Gasteiger partial charge in [-0.1, -0.05) is 30.4 Å². The number of thiazole rings is 1. The smallest absolute Gasteiger partial charge is 0.0817 e. The molecule has 2 heterocycles. The molecule has 92 valence electrons. The minimum Gasteiger partial charge on any atom is -0.257 e. The number of fused-ring (bicyclic) bond motifs is 1. The van der Waals surface area contributed by atoms with Gasteiger partial charge in [0.05, 0.1) is 21.4 Å². The first-order valence-electron chi connectivity index (χ1n) is 6.01. The highest BCUT2D eigenvalue weighted by atomic mass is 32.1. The third kappa shape index (κ3) is 2.95. The average molecular weight is 264 g/mol. The van der Waals surface area contributed by atoms with Crippen LogP contribution in [0.25, 0.3) is 22.4 Å². The van der Waals surface area contributed by atoms with E-state index in [0.717, 1.165) is 16.8 Å². The lowest BCUT2D eigenvalue weighted by atomic mass is 10.2. The van der Waals surface area contributed by atoms with Crippen LogP contribution in [0.1, 0.15) is 11.3 Å². The largest absolute Gasteiger partial charge is 0.257 e. The number of allylic oxidation sites excluding steroid dienone is 2. The Morgan fingerprint density at radius 2 is 1.89 bits per heavy atom. The first-order chi connectivity index (χ1) is 9.42. The molecule has 0 aliphatic carbocycles. The second-order valence-corrected chi connectivity index (χ2v) is 4.94. The molecular weight excluding hydrogens is 252 g/mol. The molecule has 0 unspecified atom stereocenters. The number of hydrogen-bond donors (Lipinski definition) is 0. The summed E-state index contributed by atoms with van der Waals surface area (Å²) < 4.78 is 1.22. The summed E-state index contributed by atoms with van der Waals surface area (Å²) in [5, 5.41) is 0. The second kappa shape index (κ2) is 5.59. The molecule has 0 saturated carbocycles. The van der Waals surface area contributed by atoms with E-state index in [1.165, 1.54) is 4.70 Å². The van der Waals surface area contributed by atoms with Crippen LogP contribution in [0, 0.1) is 0 Å². The fraction of sp³-hybridized carbons (Fsp3) is 0. The first-order valence-corrected chi connectivity index (χ1v) is 6.89. The van der Waals surface area contributed by atoms with E-state index in [1.54, 1.807) is 17.5 Å². The number of benzene rings is 1. The van der Waals surface area contributed by atoms with Crippen LogP contribution >= 0.6 is 11.3 Å². The molecule has 3 rings (SSSR count). The van der Waals surface area contributed by atoms with Gasteiger partial charge in [-0.15, -0.1) is 11.3 Å². The van der Waals surface area contributed by atoms with Crippen molar-refractivity contribution < 1.29 is 0 Å². The van der Waals surface area contributed by atoms with Crippen molar-refractivity contribution in [2.45, 2.75) is 0 Å². The number of aromatic nitrogens is 2. The van der Waals surface area contributed by atoms with E-state index in [0.29, 0.717) is 0 Å². The summed E-state index contributed by atoms with van der Waals surface area (Å²) in [6.07, 6.45) is 9.85. The van der Waals surface area contributed by atoms with Gasteiger partial charge in [-0.2, -0.15) is 0 Å². The Labute approximate surface area is 115 Å². The molecule has 19 heavy (non-hydrogen) atoms. The fourth-order valence-corrected chi connectivity index (χ4v) is 2.43. The van der Waals surface area contributed by atoms with Gasteiger partial charge >= 0.3 is 0 Å². The highest BCUT2D eigenvalue weighted by molar-refractivity contribution is 7.16. The van der Waals surface area contributed by atoms with Crippen LogP contribution in [0.5, 0.6) is 0 Å². The molecule has 0 spiro atoms. The van der Waals surface area contributed by atoms with Crippen molar-refractivity contribution in [3.8, 4) is 0 Å². The number of rotatable bonds is 3. The summed E-state index contributed by atoms with van der Waals surface area (Å²) in [5.41, 5.74) is 5.05. The quantitative estimate of drug-likeness (QED) is 0.654. The summed E-state index contributed by atoms with van der Waals surface area (Å²) in [6.45, 7) is 0. The van der Waals surface area contributed by atoms with Crippen molar-refractivity contribution >= 4 is 33.7 Å². The predicted octanol–water partition coefficient (Wildman–Crippen LogP) is 4.42. The van der Waals surface area contributed by atoms with Crippen molar-refractivity contribution in [2.24, 2.45) is 0 Å². The van der Waals surface area contributed by atoms with Crippen molar-refractivity contribution in [1.82, 2.24) is 9.97 Å². The van der Waals surface area contributed by atoms with E-state index < -0.39 is 0 Å². The van der Waals surface area contributed by atoms with Crippen LogP contribution in [0.3, 0.4) is 0 Å². The summed E-state index contributed by atoms with van der Waals surface area (Å²) >= 11 is 1.66. The van der Waals surface area contributed by atoms with Crippen molar-refractivity contribution in [2.75, 3.05) is 0 Å². The fourth-order valence-electron chi connectivity index (χ4n) is 1.77. The van der Waals surface area contributed by atoms with Gasteiger partial charge in [-0.05, 0) is 35.9 Å². The van der Waals surface area contributed by atoms with Crippen molar-refractivity contribution in [1.29, 1.82) is 0 Å². The second-order valence-electron chi connectivity index (χ2n) is 4.05. The van der Waals surface area contributed by atoms with E-state index in [4.69, 9.17) is 0 Å². The minimum absolute atomic E-state index is 0.960. The third-order valence-electron chi connectivity index (χ3n) is 2.71. The van der Waals surface area contributed by atoms with Crippen molar-refractivity contribution in [3.63, 3.8) is 0 Å². The van der Waals surface area contributed by atoms with E-state index in [1.807, 2.05) is 41.9 Å². The molecule has 1 aromatic carbocycles. The molecule has 0 atom stereocenters. The van der Waals surface area contributed by atoms with Gasteiger partial charge in [0.15, 0.2) is 0 Å². The van der Waals surface area contributed by atoms with Crippen LogP contribution in [0.2, 0.25) is 0 Å². The van der Waals surface area contributed by atoms with Gasteiger partial charge in [0.2, 0.25) is 0 Å². The van der Waals surface area contributed by atoms with Crippen LogP contribution in [0.15, 0.2) is 60.3 Å². The maximum atomic E-state index is 4.31. The summed E-state index contributed by atoms with van der Waals surface area (Å²) in [6, 6.07) is 12.2. The Morgan fingerprint density at radius 3 is 2.79 bits per heavy atom. The van der Waals surface area contributed by atoms with E-state index in [9.17, 15) is 0 Å². The molecule has 0 aliphatic rings. The predicted molar refractivity (Wildman–Crippen MR) is 81.9 cm³/mol. The van der Waals surface area contributed by atoms with Gasteiger partial charge in [0.1, 0.15) is 0 Å². The number of pyridine rings is 1. The SMILES string of the molecule is C(/C=C/c1ccccn1)=C\c1ccc2scnc2c1. The molecular formula is C16H12N2S. The number of hydrogen-bond acceptors (Lipinski definition) is 3. The molecule has 0 bridgehead atoms. The Morgan fingerprint density at radius 1 is 0.947 bits per heavy atom. The van der Waals surface area contributed by atoms with Gasteiger partial charge < -0.3 is 0 Å². The Hall–Kier alpha value is -2.26. The Kier molecular flexibility index (Phi) is 3.47. The molecule has 0 saturated heterocycles. The van der Waals surface area contributed by atoms with E-state index >= 15 is 0 Å². The van der Waals surface area contributed by atoms with E-state index in [-0.39, 0.29) is 0 Å². The monoisotopic (exact) mass is 264 g/mol. The van der Waals surface area contributed by atoms with Gasteiger partial charge in [-0.25, -0.2) is 4.98 Å². The topological polar surface area (TPSA) is 25.8 Å².